The highest BCUT2D eigenvalue weighted by Gasteiger charge is 2.37. The van der Waals surface area contributed by atoms with E-state index in [0.29, 0.717) is 31.5 Å². The molecule has 0 radical (unpaired) electrons. The van der Waals surface area contributed by atoms with E-state index < -0.39 is 17.7 Å². The number of piperidine rings is 1. The SMILES string of the molecule is CC1=NNC(=O)[C@H]1CCC(=O)N1CCC[C@@H](c2cc(C(F)(F)F)c3c(C)noc3n2)C1. The molecule has 0 saturated carbocycles. The third-order valence-corrected chi connectivity index (χ3v) is 5.94. The number of halogens is 3. The number of nitrogens with zero attached hydrogens (tertiary/aromatic N) is 4. The minimum Gasteiger partial charge on any atom is -0.342 e. The average molecular weight is 437 g/mol. The van der Waals surface area contributed by atoms with Gasteiger partial charge in [-0.3, -0.25) is 9.59 Å². The number of aryl methyl sites for hydroxylation is 1. The molecule has 2 amide bonds. The van der Waals surface area contributed by atoms with Crippen LogP contribution in [0.4, 0.5) is 13.2 Å². The molecule has 0 aromatic carbocycles. The van der Waals surface area contributed by atoms with Crippen molar-refractivity contribution in [2.75, 3.05) is 13.1 Å². The summed E-state index contributed by atoms with van der Waals surface area (Å²) in [5, 5.41) is 7.37. The van der Waals surface area contributed by atoms with Crippen LogP contribution in [0.5, 0.6) is 0 Å². The number of hydrogen-bond donors (Lipinski definition) is 1. The molecule has 8 nitrogen and oxygen atoms in total. The number of rotatable bonds is 4. The van der Waals surface area contributed by atoms with E-state index in [1.165, 1.54) is 6.92 Å². The van der Waals surface area contributed by atoms with Gasteiger partial charge in [0.25, 0.3) is 5.71 Å². The summed E-state index contributed by atoms with van der Waals surface area (Å²) in [4.78, 5) is 30.4. The monoisotopic (exact) mass is 437 g/mol. The maximum Gasteiger partial charge on any atom is 0.417 e. The normalized spacial score (nSPS) is 22.0. The van der Waals surface area contributed by atoms with E-state index in [1.54, 1.807) is 11.8 Å². The molecule has 4 heterocycles. The molecular formula is C20H22F3N5O3. The molecule has 0 spiro atoms. The van der Waals surface area contributed by atoms with Gasteiger partial charge in [0, 0.05) is 31.1 Å². The Morgan fingerprint density at radius 3 is 2.81 bits per heavy atom. The Morgan fingerprint density at radius 2 is 2.13 bits per heavy atom. The summed E-state index contributed by atoms with van der Waals surface area (Å²) in [6.45, 7) is 3.97. The lowest BCUT2D eigenvalue weighted by Crippen LogP contribution is -2.39. The second-order valence-corrected chi connectivity index (χ2v) is 8.04. The lowest BCUT2D eigenvalue weighted by Gasteiger charge is -2.33. The summed E-state index contributed by atoms with van der Waals surface area (Å²) >= 11 is 0. The number of carbonyl (C=O) groups is 2. The third kappa shape index (κ3) is 4.13. The van der Waals surface area contributed by atoms with Gasteiger partial charge < -0.3 is 9.42 Å². The van der Waals surface area contributed by atoms with Crippen molar-refractivity contribution in [3.05, 3.63) is 23.0 Å². The van der Waals surface area contributed by atoms with Gasteiger partial charge in [0.05, 0.1) is 28.3 Å². The molecule has 1 N–H and O–H groups in total. The topological polar surface area (TPSA) is 101 Å². The van der Waals surface area contributed by atoms with Crippen molar-refractivity contribution in [3.8, 4) is 0 Å². The van der Waals surface area contributed by atoms with Crippen LogP contribution in [-0.4, -0.2) is 45.7 Å². The van der Waals surface area contributed by atoms with Crippen LogP contribution in [0.1, 0.15) is 55.5 Å². The first kappa shape index (κ1) is 21.3. The van der Waals surface area contributed by atoms with Crippen LogP contribution in [0.3, 0.4) is 0 Å². The molecule has 4 rings (SSSR count). The molecule has 1 saturated heterocycles. The molecule has 2 aliphatic rings. The molecule has 2 aromatic rings. The van der Waals surface area contributed by atoms with Crippen LogP contribution in [0.25, 0.3) is 11.1 Å². The summed E-state index contributed by atoms with van der Waals surface area (Å²) < 4.78 is 45.9. The molecule has 2 atom stereocenters. The first-order valence-corrected chi connectivity index (χ1v) is 10.1. The number of amides is 2. The number of likely N-dealkylation sites (tertiary alicyclic amines) is 1. The zero-order valence-electron chi connectivity index (χ0n) is 17.1. The fourth-order valence-electron chi connectivity index (χ4n) is 4.25. The van der Waals surface area contributed by atoms with E-state index in [0.717, 1.165) is 6.07 Å². The minimum atomic E-state index is -4.57. The highest BCUT2D eigenvalue weighted by molar-refractivity contribution is 6.07. The highest BCUT2D eigenvalue weighted by Crippen LogP contribution is 2.38. The number of hydrogen-bond acceptors (Lipinski definition) is 6. The number of pyridine rings is 1. The first-order valence-electron chi connectivity index (χ1n) is 10.1. The summed E-state index contributed by atoms with van der Waals surface area (Å²) in [5.41, 5.74) is 2.45. The number of carbonyl (C=O) groups excluding carboxylic acids is 2. The van der Waals surface area contributed by atoms with E-state index in [4.69, 9.17) is 4.52 Å². The van der Waals surface area contributed by atoms with Gasteiger partial charge in [-0.05, 0) is 39.2 Å². The number of alkyl halides is 3. The van der Waals surface area contributed by atoms with E-state index in [2.05, 4.69) is 20.7 Å². The van der Waals surface area contributed by atoms with Gasteiger partial charge in [-0.2, -0.15) is 18.3 Å². The molecule has 2 aromatic heterocycles. The molecule has 11 heteroatoms. The number of aromatic nitrogens is 2. The lowest BCUT2D eigenvalue weighted by atomic mass is 9.92. The van der Waals surface area contributed by atoms with Crippen molar-refractivity contribution < 1.29 is 27.3 Å². The Hall–Kier alpha value is -2.98. The molecule has 0 unspecified atom stereocenters. The second kappa shape index (κ2) is 7.93. The summed E-state index contributed by atoms with van der Waals surface area (Å²) in [6.07, 6.45) is -2.79. The Labute approximate surface area is 175 Å². The fourth-order valence-corrected chi connectivity index (χ4v) is 4.25. The molecule has 1 fully saturated rings. The van der Waals surface area contributed by atoms with Gasteiger partial charge in [-0.25, -0.2) is 10.4 Å². The van der Waals surface area contributed by atoms with Crippen LogP contribution in [0, 0.1) is 12.8 Å². The van der Waals surface area contributed by atoms with Crippen LogP contribution >= 0.6 is 0 Å². The summed E-state index contributed by atoms with van der Waals surface area (Å²) in [5.74, 6) is -1.12. The first-order chi connectivity index (χ1) is 14.6. The van der Waals surface area contributed by atoms with Crippen molar-refractivity contribution in [1.29, 1.82) is 0 Å². The lowest BCUT2D eigenvalue weighted by molar-refractivity contribution is -0.136. The van der Waals surface area contributed by atoms with Crippen molar-refractivity contribution in [1.82, 2.24) is 20.5 Å². The number of nitrogens with one attached hydrogen (secondary N) is 1. The maximum atomic E-state index is 13.6. The molecule has 0 bridgehead atoms. The molecule has 31 heavy (non-hydrogen) atoms. The fraction of sp³-hybridized carbons (Fsp3) is 0.550. The number of hydrazone groups is 1. The van der Waals surface area contributed by atoms with Gasteiger partial charge in [0.2, 0.25) is 11.8 Å². The second-order valence-electron chi connectivity index (χ2n) is 8.04. The van der Waals surface area contributed by atoms with Crippen LogP contribution in [0.15, 0.2) is 15.7 Å². The number of fused-ring (bicyclic) bond motifs is 1. The molecule has 2 aliphatic heterocycles. The molecule has 166 valence electrons. The Morgan fingerprint density at radius 1 is 1.35 bits per heavy atom. The van der Waals surface area contributed by atoms with Crippen molar-refractivity contribution in [3.63, 3.8) is 0 Å². The van der Waals surface area contributed by atoms with Gasteiger partial charge in [0.15, 0.2) is 0 Å². The highest BCUT2D eigenvalue weighted by atomic mass is 19.4. The predicted molar refractivity (Wildman–Crippen MR) is 104 cm³/mol. The van der Waals surface area contributed by atoms with Crippen molar-refractivity contribution in [2.45, 2.75) is 51.6 Å². The minimum absolute atomic E-state index is 0.133. The van der Waals surface area contributed by atoms with Gasteiger partial charge in [-0.1, -0.05) is 5.16 Å². The third-order valence-electron chi connectivity index (χ3n) is 5.94. The standard InChI is InChI=1S/C20H22F3N5O3/c1-10-13(18(30)26-25-10)5-6-16(29)28-7-3-4-12(9-28)15-8-14(20(21,22)23)17-11(2)27-31-19(17)24-15/h8,12-13H,3-7,9H2,1-2H3,(H,26,30)/t12-,13+/m1/s1. The largest absolute Gasteiger partial charge is 0.417 e. The van der Waals surface area contributed by atoms with E-state index in [9.17, 15) is 22.8 Å². The zero-order valence-corrected chi connectivity index (χ0v) is 17.1. The Bertz CT molecular complexity index is 1060. The summed E-state index contributed by atoms with van der Waals surface area (Å²) in [6, 6.07) is 1.05. The molecular weight excluding hydrogens is 415 g/mol. The van der Waals surface area contributed by atoms with E-state index in [1.807, 2.05) is 0 Å². The maximum absolute atomic E-state index is 13.6. The smallest absolute Gasteiger partial charge is 0.342 e. The van der Waals surface area contributed by atoms with Crippen molar-refractivity contribution >= 4 is 28.6 Å². The van der Waals surface area contributed by atoms with Crippen LogP contribution < -0.4 is 5.43 Å². The van der Waals surface area contributed by atoms with Crippen LogP contribution in [-0.2, 0) is 15.8 Å². The van der Waals surface area contributed by atoms with Crippen LogP contribution in [0.2, 0.25) is 0 Å². The molecule has 0 aliphatic carbocycles. The predicted octanol–water partition coefficient (Wildman–Crippen LogP) is 3.16. The zero-order chi connectivity index (χ0) is 22.3. The van der Waals surface area contributed by atoms with Crippen molar-refractivity contribution in [2.24, 2.45) is 11.0 Å². The Balaban J connectivity index is 1.51. The van der Waals surface area contributed by atoms with Gasteiger partial charge in [0.1, 0.15) is 0 Å². The van der Waals surface area contributed by atoms with E-state index in [-0.39, 0.29) is 53.2 Å². The average Bonchev–Trinajstić information content (AvgIpc) is 3.26. The van der Waals surface area contributed by atoms with E-state index >= 15 is 0 Å². The Kier molecular flexibility index (Phi) is 5.44. The van der Waals surface area contributed by atoms with Gasteiger partial charge in [-0.15, -0.1) is 0 Å². The van der Waals surface area contributed by atoms with Gasteiger partial charge >= 0.3 is 6.18 Å². The quantitative estimate of drug-likeness (QED) is 0.792. The summed E-state index contributed by atoms with van der Waals surface area (Å²) in [7, 11) is 0.